The number of likely N-dealkylation sites (tertiary alicyclic amines) is 1. The van der Waals surface area contributed by atoms with Gasteiger partial charge in [0.15, 0.2) is 0 Å². The van der Waals surface area contributed by atoms with Crippen LogP contribution in [0.2, 0.25) is 0 Å². The van der Waals surface area contributed by atoms with Crippen LogP contribution >= 0.6 is 0 Å². The SMILES string of the molecule is CC(CNCc1ccc(F)cc1C(F)(F)F)N1CCCC1. The summed E-state index contributed by atoms with van der Waals surface area (Å²) in [7, 11) is 0. The molecule has 1 saturated heterocycles. The van der Waals surface area contributed by atoms with Gasteiger partial charge in [0.25, 0.3) is 0 Å². The molecule has 0 spiro atoms. The van der Waals surface area contributed by atoms with Crippen molar-refractivity contribution in [1.82, 2.24) is 10.2 Å². The number of nitrogens with one attached hydrogen (secondary N) is 1. The highest BCUT2D eigenvalue weighted by atomic mass is 19.4. The van der Waals surface area contributed by atoms with Crippen LogP contribution < -0.4 is 5.32 Å². The molecular formula is C15H20F4N2. The zero-order chi connectivity index (χ0) is 15.5. The molecule has 1 heterocycles. The van der Waals surface area contributed by atoms with Crippen molar-refractivity contribution in [2.24, 2.45) is 0 Å². The Balaban J connectivity index is 1.93. The summed E-state index contributed by atoms with van der Waals surface area (Å²) >= 11 is 0. The van der Waals surface area contributed by atoms with Crippen molar-refractivity contribution in [2.75, 3.05) is 19.6 Å². The number of alkyl halides is 3. The molecule has 21 heavy (non-hydrogen) atoms. The molecule has 0 radical (unpaired) electrons. The van der Waals surface area contributed by atoms with E-state index in [2.05, 4.69) is 17.1 Å². The fraction of sp³-hybridized carbons (Fsp3) is 0.600. The predicted molar refractivity (Wildman–Crippen MR) is 73.4 cm³/mol. The summed E-state index contributed by atoms with van der Waals surface area (Å²) in [6.45, 7) is 4.87. The first kappa shape index (κ1) is 16.2. The number of hydrogen-bond donors (Lipinski definition) is 1. The molecular weight excluding hydrogens is 284 g/mol. The third kappa shape index (κ3) is 4.41. The van der Waals surface area contributed by atoms with Crippen molar-refractivity contribution in [1.29, 1.82) is 0 Å². The topological polar surface area (TPSA) is 15.3 Å². The van der Waals surface area contributed by atoms with E-state index in [1.165, 1.54) is 18.9 Å². The van der Waals surface area contributed by atoms with Gasteiger partial charge in [0.1, 0.15) is 5.82 Å². The summed E-state index contributed by atoms with van der Waals surface area (Å²) in [6.07, 6.45) is -2.17. The molecule has 1 N–H and O–H groups in total. The highest BCUT2D eigenvalue weighted by molar-refractivity contribution is 5.30. The Morgan fingerprint density at radius 2 is 1.90 bits per heavy atom. The molecule has 0 aliphatic carbocycles. The highest BCUT2D eigenvalue weighted by Crippen LogP contribution is 2.32. The molecule has 0 amide bonds. The van der Waals surface area contributed by atoms with Crippen molar-refractivity contribution >= 4 is 0 Å². The summed E-state index contributed by atoms with van der Waals surface area (Å²) in [5, 5.41) is 3.05. The van der Waals surface area contributed by atoms with Crippen LogP contribution in [0.1, 0.15) is 30.9 Å². The third-order valence-electron chi connectivity index (χ3n) is 3.90. The molecule has 118 valence electrons. The molecule has 0 saturated carbocycles. The maximum absolute atomic E-state index is 13.0. The van der Waals surface area contributed by atoms with Crippen LogP contribution in [0.3, 0.4) is 0 Å². The van der Waals surface area contributed by atoms with Gasteiger partial charge in [0.05, 0.1) is 5.56 Å². The molecule has 0 bridgehead atoms. The standard InChI is InChI=1S/C15H20F4N2/c1-11(21-6-2-3-7-21)9-20-10-12-4-5-13(16)8-14(12)15(17,18)19/h4-5,8,11,20H,2-3,6-7,9-10H2,1H3. The fourth-order valence-electron chi connectivity index (χ4n) is 2.69. The van der Waals surface area contributed by atoms with Crippen LogP contribution in [0.25, 0.3) is 0 Å². The lowest BCUT2D eigenvalue weighted by molar-refractivity contribution is -0.138. The van der Waals surface area contributed by atoms with Gasteiger partial charge in [-0.25, -0.2) is 4.39 Å². The van der Waals surface area contributed by atoms with E-state index in [9.17, 15) is 17.6 Å². The van der Waals surface area contributed by atoms with Gasteiger partial charge < -0.3 is 5.32 Å². The number of rotatable bonds is 5. The summed E-state index contributed by atoms with van der Waals surface area (Å²) in [6, 6.07) is 3.12. The van der Waals surface area contributed by atoms with Crippen molar-refractivity contribution in [3.63, 3.8) is 0 Å². The van der Waals surface area contributed by atoms with Crippen molar-refractivity contribution in [2.45, 2.75) is 38.5 Å². The van der Waals surface area contributed by atoms with Gasteiger partial charge in [-0.15, -0.1) is 0 Å². The summed E-state index contributed by atoms with van der Waals surface area (Å²) < 4.78 is 51.6. The van der Waals surface area contributed by atoms with Crippen molar-refractivity contribution in [3.8, 4) is 0 Å². The van der Waals surface area contributed by atoms with Gasteiger partial charge in [-0.1, -0.05) is 6.07 Å². The Morgan fingerprint density at radius 3 is 2.52 bits per heavy atom. The number of nitrogens with zero attached hydrogens (tertiary/aromatic N) is 1. The van der Waals surface area contributed by atoms with Gasteiger partial charge >= 0.3 is 6.18 Å². The van der Waals surface area contributed by atoms with E-state index in [-0.39, 0.29) is 12.1 Å². The average molecular weight is 304 g/mol. The van der Waals surface area contributed by atoms with Crippen LogP contribution in [-0.4, -0.2) is 30.6 Å². The molecule has 2 nitrogen and oxygen atoms in total. The molecule has 1 fully saturated rings. The first-order valence-electron chi connectivity index (χ1n) is 7.18. The van der Waals surface area contributed by atoms with E-state index in [1.807, 2.05) is 0 Å². The monoisotopic (exact) mass is 304 g/mol. The Bertz CT molecular complexity index is 467. The lowest BCUT2D eigenvalue weighted by Gasteiger charge is -2.24. The van der Waals surface area contributed by atoms with E-state index in [0.29, 0.717) is 18.7 Å². The predicted octanol–water partition coefficient (Wildman–Crippen LogP) is 3.42. The first-order valence-corrected chi connectivity index (χ1v) is 7.18. The van der Waals surface area contributed by atoms with Gasteiger partial charge in [-0.05, 0) is 50.6 Å². The van der Waals surface area contributed by atoms with Crippen LogP contribution in [-0.2, 0) is 12.7 Å². The molecule has 1 unspecified atom stereocenters. The second-order valence-electron chi connectivity index (χ2n) is 5.52. The van der Waals surface area contributed by atoms with Crippen LogP contribution in [0.4, 0.5) is 17.6 Å². The van der Waals surface area contributed by atoms with Crippen molar-refractivity contribution in [3.05, 3.63) is 35.1 Å². The minimum atomic E-state index is -4.53. The van der Waals surface area contributed by atoms with Gasteiger partial charge in [0.2, 0.25) is 0 Å². The third-order valence-corrected chi connectivity index (χ3v) is 3.90. The minimum absolute atomic E-state index is 0.0810. The first-order chi connectivity index (χ1) is 9.88. The summed E-state index contributed by atoms with van der Waals surface area (Å²) in [5.74, 6) is -0.864. The molecule has 1 aliphatic heterocycles. The van der Waals surface area contributed by atoms with E-state index >= 15 is 0 Å². The van der Waals surface area contributed by atoms with Crippen LogP contribution in [0.5, 0.6) is 0 Å². The van der Waals surface area contributed by atoms with Gasteiger partial charge in [-0.3, -0.25) is 4.90 Å². The van der Waals surface area contributed by atoms with E-state index in [0.717, 1.165) is 19.2 Å². The van der Waals surface area contributed by atoms with Crippen LogP contribution in [0, 0.1) is 5.82 Å². The molecule has 1 aromatic carbocycles. The van der Waals surface area contributed by atoms with E-state index in [4.69, 9.17) is 0 Å². The molecule has 6 heteroatoms. The number of halogens is 4. The highest BCUT2D eigenvalue weighted by Gasteiger charge is 2.33. The molecule has 2 rings (SSSR count). The Labute approximate surface area is 122 Å². The average Bonchev–Trinajstić information content (AvgIpc) is 2.93. The number of hydrogen-bond acceptors (Lipinski definition) is 2. The van der Waals surface area contributed by atoms with Gasteiger partial charge in [-0.2, -0.15) is 13.2 Å². The Kier molecular flexibility index (Phi) is 5.22. The van der Waals surface area contributed by atoms with Gasteiger partial charge in [0, 0.05) is 19.1 Å². The molecule has 1 aromatic rings. The second kappa shape index (κ2) is 6.75. The maximum atomic E-state index is 13.0. The Morgan fingerprint density at radius 1 is 1.24 bits per heavy atom. The lowest BCUT2D eigenvalue weighted by atomic mass is 10.1. The largest absolute Gasteiger partial charge is 0.416 e. The van der Waals surface area contributed by atoms with Crippen LogP contribution in [0.15, 0.2) is 18.2 Å². The molecule has 1 aliphatic rings. The normalized spacial score (nSPS) is 18.1. The van der Waals surface area contributed by atoms with E-state index in [1.54, 1.807) is 0 Å². The number of benzene rings is 1. The van der Waals surface area contributed by atoms with Crippen molar-refractivity contribution < 1.29 is 17.6 Å². The second-order valence-corrected chi connectivity index (χ2v) is 5.52. The Hall–Kier alpha value is -1.14. The molecule has 1 atom stereocenters. The quantitative estimate of drug-likeness (QED) is 0.839. The minimum Gasteiger partial charge on any atom is -0.311 e. The summed E-state index contributed by atoms with van der Waals surface area (Å²) in [5.41, 5.74) is -0.818. The maximum Gasteiger partial charge on any atom is 0.416 e. The zero-order valence-electron chi connectivity index (χ0n) is 12.0. The lowest BCUT2D eigenvalue weighted by Crippen LogP contribution is -2.38. The van der Waals surface area contributed by atoms with E-state index < -0.39 is 17.6 Å². The summed E-state index contributed by atoms with van der Waals surface area (Å²) in [4.78, 5) is 2.32. The fourth-order valence-corrected chi connectivity index (χ4v) is 2.69. The zero-order valence-corrected chi connectivity index (χ0v) is 12.0. The molecule has 0 aromatic heterocycles. The smallest absolute Gasteiger partial charge is 0.311 e.